The number of carbonyl (C=O) groups is 2. The van der Waals surface area contributed by atoms with Crippen LogP contribution in [0.25, 0.3) is 0 Å². The Labute approximate surface area is 225 Å². The third-order valence-electron chi connectivity index (χ3n) is 7.42. The molecule has 1 aromatic carbocycles. The predicted octanol–water partition coefficient (Wildman–Crippen LogP) is 3.86. The van der Waals surface area contributed by atoms with E-state index in [1.54, 1.807) is 18.2 Å². The summed E-state index contributed by atoms with van der Waals surface area (Å²) in [5.74, 6) is 0.298. The Morgan fingerprint density at radius 3 is 2.21 bits per heavy atom. The van der Waals surface area contributed by atoms with Crippen molar-refractivity contribution in [2.24, 2.45) is 10.8 Å². The molecule has 2 saturated heterocycles. The van der Waals surface area contributed by atoms with Gasteiger partial charge < -0.3 is 15.1 Å². The number of sulfonamides is 1. The van der Waals surface area contributed by atoms with Crippen LogP contribution in [0.2, 0.25) is 0 Å². The quantitative estimate of drug-likeness (QED) is 0.490. The van der Waals surface area contributed by atoms with E-state index < -0.39 is 20.9 Å². The molecular formula is C28H38N4O5S. The molecule has 2 amide bonds. The first-order valence-electron chi connectivity index (χ1n) is 13.0. The highest BCUT2D eigenvalue weighted by molar-refractivity contribution is 7.89. The van der Waals surface area contributed by atoms with E-state index in [2.05, 4.69) is 22.1 Å². The molecule has 9 nitrogen and oxygen atoms in total. The number of nitrogens with one attached hydrogen (secondary N) is 2. The standard InChI is InChI=1S/C28H38N4O5S/c1-6-24(33)30-26-27(2,3)18-32(19-28(26,4)5)38(35,36)22-12-9-20(10-13-22)29-25(34)23-14-11-21(37-23)17-31-15-7-8-16-31/h6,9-14,26H,1,7-8,15-19H2,2-5H3,(H,29,34)(H,30,33). The number of amides is 2. The van der Waals surface area contributed by atoms with Crippen molar-refractivity contribution >= 4 is 27.5 Å². The minimum Gasteiger partial charge on any atom is -0.455 e. The first-order chi connectivity index (χ1) is 17.8. The van der Waals surface area contributed by atoms with Gasteiger partial charge in [0, 0.05) is 24.8 Å². The third kappa shape index (κ3) is 6.03. The summed E-state index contributed by atoms with van der Waals surface area (Å²) in [7, 11) is -3.80. The van der Waals surface area contributed by atoms with Gasteiger partial charge in [0.05, 0.1) is 11.4 Å². The third-order valence-corrected chi connectivity index (χ3v) is 9.22. The van der Waals surface area contributed by atoms with Crippen molar-refractivity contribution in [3.05, 3.63) is 60.6 Å². The molecule has 2 fully saturated rings. The maximum absolute atomic E-state index is 13.6. The maximum atomic E-state index is 13.6. The number of hydrogen-bond acceptors (Lipinski definition) is 6. The highest BCUT2D eigenvalue weighted by atomic mass is 32.2. The maximum Gasteiger partial charge on any atom is 0.291 e. The van der Waals surface area contributed by atoms with Gasteiger partial charge in [0.2, 0.25) is 15.9 Å². The molecule has 0 aliphatic carbocycles. The van der Waals surface area contributed by atoms with Gasteiger partial charge in [-0.25, -0.2) is 8.42 Å². The molecule has 2 N–H and O–H groups in total. The molecule has 0 spiro atoms. The van der Waals surface area contributed by atoms with Gasteiger partial charge in [-0.3, -0.25) is 14.5 Å². The average Bonchev–Trinajstić information content (AvgIpc) is 3.54. The number of hydrogen-bond donors (Lipinski definition) is 2. The summed E-state index contributed by atoms with van der Waals surface area (Å²) in [6.07, 6.45) is 3.60. The minimum absolute atomic E-state index is 0.140. The fourth-order valence-corrected chi connectivity index (χ4v) is 7.55. The van der Waals surface area contributed by atoms with Crippen molar-refractivity contribution in [2.75, 3.05) is 31.5 Å². The number of anilines is 1. The molecular weight excluding hydrogens is 504 g/mol. The summed E-state index contributed by atoms with van der Waals surface area (Å²) in [6, 6.07) is 9.39. The second-order valence-electron chi connectivity index (χ2n) is 11.6. The lowest BCUT2D eigenvalue weighted by Crippen LogP contribution is -2.64. The number of carbonyl (C=O) groups excluding carboxylic acids is 2. The number of likely N-dealkylation sites (tertiary alicyclic amines) is 1. The summed E-state index contributed by atoms with van der Waals surface area (Å²) >= 11 is 0. The molecule has 10 heteroatoms. The van der Waals surface area contributed by atoms with Gasteiger partial charge in [0.15, 0.2) is 5.76 Å². The summed E-state index contributed by atoms with van der Waals surface area (Å²) in [4.78, 5) is 27.1. The zero-order valence-electron chi connectivity index (χ0n) is 22.6. The Morgan fingerprint density at radius 2 is 1.63 bits per heavy atom. The van der Waals surface area contributed by atoms with Crippen LogP contribution in [-0.4, -0.2) is 61.7 Å². The van der Waals surface area contributed by atoms with Gasteiger partial charge in [0.1, 0.15) is 5.76 Å². The number of furan rings is 1. The Kier molecular flexibility index (Phi) is 7.88. The Morgan fingerprint density at radius 1 is 1.03 bits per heavy atom. The first-order valence-corrected chi connectivity index (χ1v) is 14.4. The van der Waals surface area contributed by atoms with E-state index in [0.717, 1.165) is 18.8 Å². The molecule has 3 heterocycles. The summed E-state index contributed by atoms with van der Waals surface area (Å²) in [5.41, 5.74) is -0.561. The van der Waals surface area contributed by atoms with E-state index in [4.69, 9.17) is 4.42 Å². The van der Waals surface area contributed by atoms with Crippen LogP contribution in [0, 0.1) is 10.8 Å². The zero-order chi connectivity index (χ0) is 27.7. The summed E-state index contributed by atoms with van der Waals surface area (Å²) in [6.45, 7) is 14.6. The van der Waals surface area contributed by atoms with E-state index >= 15 is 0 Å². The monoisotopic (exact) mass is 542 g/mol. The van der Waals surface area contributed by atoms with E-state index in [1.807, 2.05) is 33.8 Å². The molecule has 206 valence electrons. The summed E-state index contributed by atoms with van der Waals surface area (Å²) in [5, 5.41) is 5.77. The molecule has 0 unspecified atom stereocenters. The number of rotatable bonds is 8. The molecule has 0 atom stereocenters. The van der Waals surface area contributed by atoms with Crippen molar-refractivity contribution in [3.63, 3.8) is 0 Å². The van der Waals surface area contributed by atoms with Crippen molar-refractivity contribution in [1.29, 1.82) is 0 Å². The van der Waals surface area contributed by atoms with E-state index in [0.29, 0.717) is 12.2 Å². The fourth-order valence-electron chi connectivity index (χ4n) is 5.77. The van der Waals surface area contributed by atoms with Crippen molar-refractivity contribution in [1.82, 2.24) is 14.5 Å². The second-order valence-corrected chi connectivity index (χ2v) is 13.6. The lowest BCUT2D eigenvalue weighted by atomic mass is 9.67. The van der Waals surface area contributed by atoms with Crippen LogP contribution in [0.3, 0.4) is 0 Å². The molecule has 4 rings (SSSR count). The fraction of sp³-hybridized carbons (Fsp3) is 0.500. The van der Waals surface area contributed by atoms with Gasteiger partial charge in [0.25, 0.3) is 5.91 Å². The van der Waals surface area contributed by atoms with Crippen LogP contribution in [0.1, 0.15) is 56.9 Å². The highest BCUT2D eigenvalue weighted by Gasteiger charge is 2.50. The average molecular weight is 543 g/mol. The lowest BCUT2D eigenvalue weighted by Gasteiger charge is -2.52. The largest absolute Gasteiger partial charge is 0.455 e. The molecule has 38 heavy (non-hydrogen) atoms. The molecule has 2 aliphatic rings. The van der Waals surface area contributed by atoms with Crippen LogP contribution in [0.15, 0.2) is 58.4 Å². The normalized spacial score (nSPS) is 20.2. The summed E-state index contributed by atoms with van der Waals surface area (Å²) < 4.78 is 34.3. The van der Waals surface area contributed by atoms with Crippen LogP contribution in [0.4, 0.5) is 5.69 Å². The number of benzene rings is 1. The van der Waals surface area contributed by atoms with Crippen LogP contribution in [-0.2, 0) is 21.4 Å². The molecule has 2 aromatic rings. The number of nitrogens with zero attached hydrogens (tertiary/aromatic N) is 2. The van der Waals surface area contributed by atoms with Crippen molar-refractivity contribution < 1.29 is 22.4 Å². The predicted molar refractivity (Wildman–Crippen MR) is 146 cm³/mol. The Balaban J connectivity index is 1.43. The highest BCUT2D eigenvalue weighted by Crippen LogP contribution is 2.42. The topological polar surface area (TPSA) is 112 Å². The van der Waals surface area contributed by atoms with Crippen LogP contribution < -0.4 is 10.6 Å². The smallest absolute Gasteiger partial charge is 0.291 e. The number of piperidine rings is 1. The second kappa shape index (κ2) is 10.7. The van der Waals surface area contributed by atoms with E-state index in [9.17, 15) is 18.0 Å². The van der Waals surface area contributed by atoms with Crippen molar-refractivity contribution in [2.45, 2.75) is 58.0 Å². The van der Waals surface area contributed by atoms with Gasteiger partial charge in [-0.2, -0.15) is 4.31 Å². The first kappa shape index (κ1) is 28.1. The van der Waals surface area contributed by atoms with Crippen LogP contribution >= 0.6 is 0 Å². The molecule has 0 saturated carbocycles. The SMILES string of the molecule is C=CC(=O)NC1C(C)(C)CN(S(=O)(=O)c2ccc(NC(=O)c3ccc(CN4CCCC4)o3)cc2)CC1(C)C. The van der Waals surface area contributed by atoms with E-state index in [-0.39, 0.29) is 41.6 Å². The minimum atomic E-state index is -3.80. The molecule has 0 bridgehead atoms. The molecule has 0 radical (unpaired) electrons. The zero-order valence-corrected chi connectivity index (χ0v) is 23.4. The van der Waals surface area contributed by atoms with Gasteiger partial charge in [-0.05, 0) is 79.2 Å². The molecule has 1 aromatic heterocycles. The van der Waals surface area contributed by atoms with Crippen LogP contribution in [0.5, 0.6) is 0 Å². The van der Waals surface area contributed by atoms with Crippen molar-refractivity contribution in [3.8, 4) is 0 Å². The van der Waals surface area contributed by atoms with Gasteiger partial charge in [-0.15, -0.1) is 0 Å². The molecule has 2 aliphatic heterocycles. The van der Waals surface area contributed by atoms with Gasteiger partial charge in [-0.1, -0.05) is 34.3 Å². The van der Waals surface area contributed by atoms with E-state index in [1.165, 1.54) is 35.4 Å². The lowest BCUT2D eigenvalue weighted by molar-refractivity contribution is -0.120. The van der Waals surface area contributed by atoms with Gasteiger partial charge >= 0.3 is 0 Å². The Hall–Kier alpha value is -2.95. The Bertz CT molecular complexity index is 1270.